The Bertz CT molecular complexity index is 729. The van der Waals surface area contributed by atoms with E-state index < -0.39 is 0 Å². The van der Waals surface area contributed by atoms with Gasteiger partial charge in [-0.2, -0.15) is 0 Å². The molecule has 0 atom stereocenters. The minimum atomic E-state index is 0.731. The van der Waals surface area contributed by atoms with Crippen molar-refractivity contribution in [3.8, 4) is 17.0 Å². The highest BCUT2D eigenvalue weighted by molar-refractivity contribution is 5.78. The number of nitrogen functional groups attached to an aromatic ring is 1. The molecular formula is C15H15N3O. The maximum absolute atomic E-state index is 5.81. The molecule has 2 N–H and O–H groups in total. The van der Waals surface area contributed by atoms with Gasteiger partial charge < -0.3 is 14.9 Å². The summed E-state index contributed by atoms with van der Waals surface area (Å²) in [5.74, 6) is 1.77. The van der Waals surface area contributed by atoms with Crippen molar-refractivity contribution in [2.45, 2.75) is 6.92 Å². The number of pyridine rings is 1. The third-order valence-corrected chi connectivity index (χ3v) is 3.20. The lowest BCUT2D eigenvalue weighted by Crippen LogP contribution is -1.91. The first-order valence-corrected chi connectivity index (χ1v) is 6.07. The second kappa shape index (κ2) is 4.31. The molecule has 96 valence electrons. The monoisotopic (exact) mass is 253 g/mol. The minimum absolute atomic E-state index is 0.731. The molecule has 4 heteroatoms. The molecule has 2 heterocycles. The van der Waals surface area contributed by atoms with Crippen molar-refractivity contribution in [2.75, 3.05) is 12.8 Å². The molecule has 2 aromatic heterocycles. The number of rotatable bonds is 2. The summed E-state index contributed by atoms with van der Waals surface area (Å²) in [6.07, 6.45) is 1.89. The van der Waals surface area contributed by atoms with Crippen molar-refractivity contribution >= 4 is 11.2 Å². The molecule has 0 aliphatic carbocycles. The van der Waals surface area contributed by atoms with Crippen LogP contribution in [-0.2, 0) is 0 Å². The van der Waals surface area contributed by atoms with Gasteiger partial charge in [-0.1, -0.05) is 0 Å². The Hall–Kier alpha value is -2.49. The van der Waals surface area contributed by atoms with Crippen molar-refractivity contribution < 1.29 is 4.74 Å². The number of hydrogen-bond acceptors (Lipinski definition) is 3. The molecule has 0 aliphatic heterocycles. The van der Waals surface area contributed by atoms with E-state index in [1.807, 2.05) is 53.9 Å². The molecule has 0 bridgehead atoms. The standard InChI is InChI=1S/C15H15N3O/c1-10-17-15(11-3-6-13(19-2)7-4-11)14-8-5-12(16)9-18(10)14/h3-9H,16H2,1-2H3. The number of hydrogen-bond donors (Lipinski definition) is 1. The average Bonchev–Trinajstić information content (AvgIpc) is 2.76. The highest BCUT2D eigenvalue weighted by atomic mass is 16.5. The van der Waals surface area contributed by atoms with E-state index in [0.29, 0.717) is 0 Å². The topological polar surface area (TPSA) is 52.5 Å². The van der Waals surface area contributed by atoms with Crippen molar-refractivity contribution in [1.29, 1.82) is 0 Å². The molecule has 0 fully saturated rings. The first-order valence-electron chi connectivity index (χ1n) is 6.07. The summed E-state index contributed by atoms with van der Waals surface area (Å²) in [6.45, 7) is 1.97. The summed E-state index contributed by atoms with van der Waals surface area (Å²) in [5.41, 5.74) is 9.62. The smallest absolute Gasteiger partial charge is 0.118 e. The van der Waals surface area contributed by atoms with Gasteiger partial charge in [0, 0.05) is 17.4 Å². The summed E-state index contributed by atoms with van der Waals surface area (Å²) in [5, 5.41) is 0. The highest BCUT2D eigenvalue weighted by Crippen LogP contribution is 2.27. The van der Waals surface area contributed by atoms with Gasteiger partial charge in [-0.05, 0) is 43.3 Å². The molecule has 0 aliphatic rings. The van der Waals surface area contributed by atoms with Gasteiger partial charge in [0.15, 0.2) is 0 Å². The number of aryl methyl sites for hydroxylation is 1. The first-order chi connectivity index (χ1) is 9.19. The molecule has 0 radical (unpaired) electrons. The summed E-state index contributed by atoms with van der Waals surface area (Å²) in [4.78, 5) is 4.62. The molecule has 3 aromatic rings. The van der Waals surface area contributed by atoms with E-state index in [1.165, 1.54) is 0 Å². The molecule has 0 spiro atoms. The Morgan fingerprint density at radius 3 is 2.53 bits per heavy atom. The van der Waals surface area contributed by atoms with Gasteiger partial charge in [-0.3, -0.25) is 0 Å². The van der Waals surface area contributed by atoms with Gasteiger partial charge in [0.2, 0.25) is 0 Å². The van der Waals surface area contributed by atoms with Gasteiger partial charge in [0.25, 0.3) is 0 Å². The lowest BCUT2D eigenvalue weighted by molar-refractivity contribution is 0.415. The number of nitrogens with two attached hydrogens (primary N) is 1. The van der Waals surface area contributed by atoms with Crippen molar-refractivity contribution in [3.63, 3.8) is 0 Å². The average molecular weight is 253 g/mol. The zero-order valence-electron chi connectivity index (χ0n) is 10.9. The van der Waals surface area contributed by atoms with Gasteiger partial charge in [0.05, 0.1) is 18.3 Å². The first kappa shape index (κ1) is 11.6. The Morgan fingerprint density at radius 2 is 1.84 bits per heavy atom. The third kappa shape index (κ3) is 1.91. The maximum Gasteiger partial charge on any atom is 0.118 e. The van der Waals surface area contributed by atoms with Crippen LogP contribution in [0.3, 0.4) is 0 Å². The zero-order chi connectivity index (χ0) is 13.4. The zero-order valence-corrected chi connectivity index (χ0v) is 10.9. The number of imidazole rings is 1. The van der Waals surface area contributed by atoms with Gasteiger partial charge in [-0.25, -0.2) is 4.98 Å². The van der Waals surface area contributed by atoms with Crippen LogP contribution in [0.2, 0.25) is 0 Å². The Labute approximate surface area is 111 Å². The van der Waals surface area contributed by atoms with Crippen LogP contribution < -0.4 is 10.5 Å². The van der Waals surface area contributed by atoms with Crippen LogP contribution >= 0.6 is 0 Å². The number of fused-ring (bicyclic) bond motifs is 1. The molecular weight excluding hydrogens is 238 g/mol. The number of nitrogens with zero attached hydrogens (tertiary/aromatic N) is 2. The van der Waals surface area contributed by atoms with Crippen molar-refractivity contribution in [2.24, 2.45) is 0 Å². The van der Waals surface area contributed by atoms with E-state index in [4.69, 9.17) is 10.5 Å². The summed E-state index contributed by atoms with van der Waals surface area (Å²) in [6, 6.07) is 11.8. The Balaban J connectivity index is 2.19. The van der Waals surface area contributed by atoms with E-state index in [0.717, 1.165) is 34.0 Å². The van der Waals surface area contributed by atoms with Crippen LogP contribution in [0.25, 0.3) is 16.8 Å². The quantitative estimate of drug-likeness (QED) is 0.764. The second-order valence-corrected chi connectivity index (χ2v) is 4.45. The van der Waals surface area contributed by atoms with Gasteiger partial charge in [-0.15, -0.1) is 0 Å². The van der Waals surface area contributed by atoms with Crippen LogP contribution in [-0.4, -0.2) is 16.5 Å². The van der Waals surface area contributed by atoms with E-state index >= 15 is 0 Å². The normalized spacial score (nSPS) is 10.8. The second-order valence-electron chi connectivity index (χ2n) is 4.45. The molecule has 0 amide bonds. The van der Waals surface area contributed by atoms with E-state index in [-0.39, 0.29) is 0 Å². The fraction of sp³-hybridized carbons (Fsp3) is 0.133. The molecule has 0 saturated carbocycles. The van der Waals surface area contributed by atoms with Gasteiger partial charge >= 0.3 is 0 Å². The highest BCUT2D eigenvalue weighted by Gasteiger charge is 2.10. The Morgan fingerprint density at radius 1 is 1.11 bits per heavy atom. The predicted octanol–water partition coefficient (Wildman–Crippen LogP) is 2.90. The fourth-order valence-electron chi connectivity index (χ4n) is 2.21. The largest absolute Gasteiger partial charge is 0.497 e. The number of methoxy groups -OCH3 is 1. The predicted molar refractivity (Wildman–Crippen MR) is 76.3 cm³/mol. The van der Waals surface area contributed by atoms with Crippen LogP contribution in [0, 0.1) is 6.92 Å². The Kier molecular flexibility index (Phi) is 2.63. The summed E-state index contributed by atoms with van der Waals surface area (Å²) < 4.78 is 7.18. The van der Waals surface area contributed by atoms with Crippen LogP contribution in [0.4, 0.5) is 5.69 Å². The number of benzene rings is 1. The minimum Gasteiger partial charge on any atom is -0.497 e. The SMILES string of the molecule is COc1ccc(-c2nc(C)n3cc(N)ccc23)cc1. The van der Waals surface area contributed by atoms with Gasteiger partial charge in [0.1, 0.15) is 11.6 Å². The number of anilines is 1. The summed E-state index contributed by atoms with van der Waals surface area (Å²) >= 11 is 0. The van der Waals surface area contributed by atoms with Crippen LogP contribution in [0.5, 0.6) is 5.75 Å². The molecule has 19 heavy (non-hydrogen) atoms. The van der Waals surface area contributed by atoms with Crippen LogP contribution in [0.1, 0.15) is 5.82 Å². The van der Waals surface area contributed by atoms with E-state index in [1.54, 1.807) is 7.11 Å². The molecule has 1 aromatic carbocycles. The lowest BCUT2D eigenvalue weighted by Gasteiger charge is -2.02. The molecule has 3 rings (SSSR count). The summed E-state index contributed by atoms with van der Waals surface area (Å²) in [7, 11) is 1.66. The molecule has 0 unspecified atom stereocenters. The van der Waals surface area contributed by atoms with Crippen molar-refractivity contribution in [1.82, 2.24) is 9.38 Å². The van der Waals surface area contributed by atoms with E-state index in [9.17, 15) is 0 Å². The lowest BCUT2D eigenvalue weighted by atomic mass is 10.1. The van der Waals surface area contributed by atoms with Crippen LogP contribution in [0.15, 0.2) is 42.6 Å². The fourth-order valence-corrected chi connectivity index (χ4v) is 2.21. The number of ether oxygens (including phenoxy) is 1. The van der Waals surface area contributed by atoms with Crippen molar-refractivity contribution in [3.05, 3.63) is 48.4 Å². The molecule has 0 saturated heterocycles. The molecule has 4 nitrogen and oxygen atoms in total. The third-order valence-electron chi connectivity index (χ3n) is 3.20. The number of aromatic nitrogens is 2. The maximum atomic E-state index is 5.81. The van der Waals surface area contributed by atoms with E-state index in [2.05, 4.69) is 4.98 Å².